The maximum Gasteiger partial charge on any atom is 0.00793 e. The zero-order chi connectivity index (χ0) is 8.81. The lowest BCUT2D eigenvalue weighted by Gasteiger charge is -2.12. The molecule has 0 bridgehead atoms. The third-order valence-electron chi connectivity index (χ3n) is 2.52. The first-order chi connectivity index (χ1) is 5.84. The van der Waals surface area contributed by atoms with Crippen LogP contribution in [-0.2, 0) is 0 Å². The fourth-order valence-electron chi connectivity index (χ4n) is 1.45. The topological polar surface area (TPSA) is 24.1 Å². The second-order valence-corrected chi connectivity index (χ2v) is 3.83. The van der Waals surface area contributed by atoms with Gasteiger partial charge in [-0.15, -0.1) is 0 Å². The molecular weight excluding hydrogens is 148 g/mol. The fourth-order valence-corrected chi connectivity index (χ4v) is 1.45. The van der Waals surface area contributed by atoms with Crippen molar-refractivity contribution in [2.75, 3.05) is 19.6 Å². The summed E-state index contributed by atoms with van der Waals surface area (Å²) in [5.74, 6) is 0.983. The second kappa shape index (κ2) is 5.55. The molecule has 0 aromatic heterocycles. The summed E-state index contributed by atoms with van der Waals surface area (Å²) in [5.41, 5.74) is 0. The van der Waals surface area contributed by atoms with Crippen molar-refractivity contribution in [1.29, 1.82) is 0 Å². The SMILES string of the molecule is CCCNCCNC(C)C1CC1. The van der Waals surface area contributed by atoms with Gasteiger partial charge in [-0.2, -0.15) is 0 Å². The van der Waals surface area contributed by atoms with Crippen LogP contribution in [-0.4, -0.2) is 25.7 Å². The third-order valence-corrected chi connectivity index (χ3v) is 2.52. The second-order valence-electron chi connectivity index (χ2n) is 3.83. The van der Waals surface area contributed by atoms with Gasteiger partial charge in [-0.1, -0.05) is 6.92 Å². The van der Waals surface area contributed by atoms with E-state index in [0.29, 0.717) is 0 Å². The highest BCUT2D eigenvalue weighted by molar-refractivity contribution is 4.83. The van der Waals surface area contributed by atoms with Gasteiger partial charge in [0.1, 0.15) is 0 Å². The van der Waals surface area contributed by atoms with Crippen LogP contribution in [0.5, 0.6) is 0 Å². The van der Waals surface area contributed by atoms with Crippen LogP contribution in [0.25, 0.3) is 0 Å². The molecule has 1 atom stereocenters. The first-order valence-electron chi connectivity index (χ1n) is 5.28. The minimum atomic E-state index is 0.744. The summed E-state index contributed by atoms with van der Waals surface area (Å²) in [6, 6.07) is 0.744. The lowest BCUT2D eigenvalue weighted by Crippen LogP contribution is -2.34. The Morgan fingerprint density at radius 1 is 1.25 bits per heavy atom. The molecule has 1 saturated carbocycles. The van der Waals surface area contributed by atoms with E-state index in [1.807, 2.05) is 0 Å². The van der Waals surface area contributed by atoms with E-state index in [9.17, 15) is 0 Å². The zero-order valence-electron chi connectivity index (χ0n) is 8.40. The van der Waals surface area contributed by atoms with Crippen molar-refractivity contribution in [2.45, 2.75) is 39.2 Å². The van der Waals surface area contributed by atoms with Gasteiger partial charge in [0.25, 0.3) is 0 Å². The van der Waals surface area contributed by atoms with Gasteiger partial charge in [0.2, 0.25) is 0 Å². The summed E-state index contributed by atoms with van der Waals surface area (Å²) >= 11 is 0. The van der Waals surface area contributed by atoms with Crippen molar-refractivity contribution in [3.05, 3.63) is 0 Å². The van der Waals surface area contributed by atoms with Crippen LogP contribution in [0.4, 0.5) is 0 Å². The Hall–Kier alpha value is -0.0800. The zero-order valence-corrected chi connectivity index (χ0v) is 8.40. The standard InChI is InChI=1S/C10H22N2/c1-3-6-11-7-8-12-9(2)10-4-5-10/h9-12H,3-8H2,1-2H3. The van der Waals surface area contributed by atoms with Crippen LogP contribution in [0.2, 0.25) is 0 Å². The molecule has 2 nitrogen and oxygen atoms in total. The van der Waals surface area contributed by atoms with Gasteiger partial charge >= 0.3 is 0 Å². The van der Waals surface area contributed by atoms with Crippen molar-refractivity contribution in [3.8, 4) is 0 Å². The van der Waals surface area contributed by atoms with Gasteiger partial charge in [0.05, 0.1) is 0 Å². The minimum absolute atomic E-state index is 0.744. The van der Waals surface area contributed by atoms with Gasteiger partial charge in [-0.25, -0.2) is 0 Å². The van der Waals surface area contributed by atoms with Gasteiger partial charge in [-0.05, 0) is 38.6 Å². The van der Waals surface area contributed by atoms with Crippen LogP contribution < -0.4 is 10.6 Å². The molecule has 1 aliphatic rings. The van der Waals surface area contributed by atoms with Crippen LogP contribution in [0.1, 0.15) is 33.1 Å². The largest absolute Gasteiger partial charge is 0.315 e. The number of hydrogen-bond acceptors (Lipinski definition) is 2. The maximum absolute atomic E-state index is 3.54. The molecule has 0 radical (unpaired) electrons. The van der Waals surface area contributed by atoms with E-state index in [2.05, 4.69) is 24.5 Å². The molecular formula is C10H22N2. The predicted molar refractivity (Wildman–Crippen MR) is 53.3 cm³/mol. The fraction of sp³-hybridized carbons (Fsp3) is 1.00. The van der Waals surface area contributed by atoms with Crippen LogP contribution in [0.3, 0.4) is 0 Å². The summed E-state index contributed by atoms with van der Waals surface area (Å²) in [7, 11) is 0. The monoisotopic (exact) mass is 170 g/mol. The Balaban J connectivity index is 1.81. The average molecular weight is 170 g/mol. The number of hydrogen-bond donors (Lipinski definition) is 2. The lowest BCUT2D eigenvalue weighted by molar-refractivity contribution is 0.486. The Morgan fingerprint density at radius 3 is 2.58 bits per heavy atom. The van der Waals surface area contributed by atoms with Crippen molar-refractivity contribution in [2.24, 2.45) is 5.92 Å². The third kappa shape index (κ3) is 4.07. The molecule has 0 amide bonds. The lowest BCUT2D eigenvalue weighted by atomic mass is 10.2. The predicted octanol–water partition coefficient (Wildman–Crippen LogP) is 1.37. The van der Waals surface area contributed by atoms with E-state index in [1.54, 1.807) is 0 Å². The van der Waals surface area contributed by atoms with Gasteiger partial charge in [0, 0.05) is 19.1 Å². The molecule has 0 aromatic rings. The highest BCUT2D eigenvalue weighted by Gasteiger charge is 2.26. The Labute approximate surface area is 76.1 Å². The minimum Gasteiger partial charge on any atom is -0.315 e. The number of nitrogens with one attached hydrogen (secondary N) is 2. The van der Waals surface area contributed by atoms with E-state index in [0.717, 1.165) is 31.6 Å². The first-order valence-corrected chi connectivity index (χ1v) is 5.28. The molecule has 0 spiro atoms. The van der Waals surface area contributed by atoms with E-state index >= 15 is 0 Å². The van der Waals surface area contributed by atoms with Crippen LogP contribution in [0, 0.1) is 5.92 Å². The molecule has 0 saturated heterocycles. The molecule has 1 aliphatic carbocycles. The highest BCUT2D eigenvalue weighted by atomic mass is 15.0. The molecule has 0 heterocycles. The van der Waals surface area contributed by atoms with Crippen LogP contribution in [0.15, 0.2) is 0 Å². The van der Waals surface area contributed by atoms with Gasteiger partial charge in [0.15, 0.2) is 0 Å². The maximum atomic E-state index is 3.54. The quantitative estimate of drug-likeness (QED) is 0.564. The summed E-state index contributed by atoms with van der Waals surface area (Å²) < 4.78 is 0. The normalized spacial score (nSPS) is 19.5. The summed E-state index contributed by atoms with van der Waals surface area (Å²) in [6.07, 6.45) is 4.12. The van der Waals surface area contributed by atoms with Crippen LogP contribution >= 0.6 is 0 Å². The molecule has 12 heavy (non-hydrogen) atoms. The summed E-state index contributed by atoms with van der Waals surface area (Å²) in [6.45, 7) is 7.90. The van der Waals surface area contributed by atoms with Gasteiger partial charge in [-0.3, -0.25) is 0 Å². The molecule has 1 unspecified atom stereocenters. The van der Waals surface area contributed by atoms with Gasteiger partial charge < -0.3 is 10.6 Å². The Kier molecular flexibility index (Phi) is 4.62. The Morgan fingerprint density at radius 2 is 2.00 bits per heavy atom. The van der Waals surface area contributed by atoms with Crippen molar-refractivity contribution in [1.82, 2.24) is 10.6 Å². The highest BCUT2D eigenvalue weighted by Crippen LogP contribution is 2.32. The van der Waals surface area contributed by atoms with E-state index < -0.39 is 0 Å². The molecule has 2 N–H and O–H groups in total. The first kappa shape index (κ1) is 10.0. The molecule has 1 fully saturated rings. The van der Waals surface area contributed by atoms with E-state index in [4.69, 9.17) is 0 Å². The average Bonchev–Trinajstić information content (AvgIpc) is 2.86. The molecule has 0 aliphatic heterocycles. The summed E-state index contributed by atoms with van der Waals surface area (Å²) in [5, 5.41) is 6.93. The number of rotatable bonds is 7. The molecule has 1 rings (SSSR count). The Bertz CT molecular complexity index is 110. The van der Waals surface area contributed by atoms with Crippen molar-refractivity contribution >= 4 is 0 Å². The van der Waals surface area contributed by atoms with E-state index in [-0.39, 0.29) is 0 Å². The molecule has 2 heteroatoms. The summed E-state index contributed by atoms with van der Waals surface area (Å²) in [4.78, 5) is 0. The van der Waals surface area contributed by atoms with E-state index in [1.165, 1.54) is 19.3 Å². The molecule has 0 aromatic carbocycles. The smallest absolute Gasteiger partial charge is 0.00793 e. The molecule has 72 valence electrons. The van der Waals surface area contributed by atoms with Crippen molar-refractivity contribution < 1.29 is 0 Å². The van der Waals surface area contributed by atoms with Crippen molar-refractivity contribution in [3.63, 3.8) is 0 Å².